The molecular weight excluding hydrogens is 338 g/mol. The molecule has 0 spiro atoms. The monoisotopic (exact) mass is 377 g/mol. The normalized spacial score (nSPS) is 14.3. The predicted molar refractivity (Wildman–Crippen MR) is 114 cm³/mol. The number of aryl methyl sites for hydroxylation is 2. The number of aromatic nitrogens is 2. The Hall–Kier alpha value is -1.76. The van der Waals surface area contributed by atoms with Gasteiger partial charge in [-0.25, -0.2) is 0 Å². The fourth-order valence-corrected chi connectivity index (χ4v) is 2.56. The average molecular weight is 378 g/mol. The molecule has 2 N–H and O–H groups in total. The Balaban J connectivity index is 0.000000514. The minimum atomic E-state index is 0.646. The zero-order chi connectivity index (χ0) is 20.7. The van der Waals surface area contributed by atoms with E-state index in [-0.39, 0.29) is 0 Å². The molecule has 0 amide bonds. The Morgan fingerprint density at radius 1 is 0.963 bits per heavy atom. The summed E-state index contributed by atoms with van der Waals surface area (Å²) in [5.41, 5.74) is 5.82. The van der Waals surface area contributed by atoms with Crippen LogP contribution < -0.4 is 5.73 Å². The average Bonchev–Trinajstić information content (AvgIpc) is 3.11. The number of nitrogens with two attached hydrogens (primary N) is 1. The van der Waals surface area contributed by atoms with Crippen LogP contribution in [0.3, 0.4) is 0 Å². The molecule has 0 aliphatic carbocycles. The van der Waals surface area contributed by atoms with E-state index in [1.54, 1.807) is 0 Å². The van der Waals surface area contributed by atoms with Gasteiger partial charge in [0, 0.05) is 39.1 Å². The molecule has 1 aliphatic rings. The maximum Gasteiger partial charge on any atom is 0.230 e. The third-order valence-electron chi connectivity index (χ3n) is 4.00. The van der Waals surface area contributed by atoms with Gasteiger partial charge in [0.2, 0.25) is 11.8 Å². The van der Waals surface area contributed by atoms with Crippen LogP contribution in [0.1, 0.15) is 45.0 Å². The van der Waals surface area contributed by atoms with Crippen molar-refractivity contribution in [2.24, 2.45) is 5.73 Å². The molecule has 6 nitrogen and oxygen atoms in total. The Labute approximate surface area is 165 Å². The number of hydrogen-bond acceptors (Lipinski definition) is 6. The molecule has 3 rings (SSSR count). The molecule has 1 aromatic heterocycles. The van der Waals surface area contributed by atoms with Crippen LogP contribution in [-0.2, 0) is 6.54 Å². The molecule has 2 aromatic rings. The van der Waals surface area contributed by atoms with E-state index in [1.807, 2.05) is 39.0 Å². The first-order valence-corrected chi connectivity index (χ1v) is 9.89. The molecule has 0 atom stereocenters. The van der Waals surface area contributed by atoms with E-state index in [1.165, 1.54) is 12.6 Å². The molecule has 154 valence electrons. The highest BCUT2D eigenvalue weighted by Crippen LogP contribution is 2.09. The molecule has 0 radical (unpaired) electrons. The fourth-order valence-electron chi connectivity index (χ4n) is 2.56. The van der Waals surface area contributed by atoms with Crippen LogP contribution in [0.15, 0.2) is 34.7 Å². The van der Waals surface area contributed by atoms with E-state index in [4.69, 9.17) is 4.42 Å². The third-order valence-corrected chi connectivity index (χ3v) is 4.00. The van der Waals surface area contributed by atoms with Gasteiger partial charge in [0.1, 0.15) is 0 Å². The molecule has 6 heteroatoms. The second-order valence-electron chi connectivity index (χ2n) is 6.28. The molecule has 1 fully saturated rings. The third kappa shape index (κ3) is 10.9. The summed E-state index contributed by atoms with van der Waals surface area (Å²) in [6.07, 6.45) is 0. The van der Waals surface area contributed by atoms with Crippen molar-refractivity contribution in [3.63, 3.8) is 0 Å². The van der Waals surface area contributed by atoms with Crippen LogP contribution in [-0.4, -0.2) is 59.3 Å². The van der Waals surface area contributed by atoms with E-state index < -0.39 is 0 Å². The lowest BCUT2D eigenvalue weighted by Gasteiger charge is -2.36. The lowest BCUT2D eigenvalue weighted by molar-refractivity contribution is 0.0976. The minimum Gasteiger partial charge on any atom is -0.424 e. The number of piperazine rings is 1. The summed E-state index contributed by atoms with van der Waals surface area (Å²) < 4.78 is 5.38. The van der Waals surface area contributed by atoms with Crippen molar-refractivity contribution in [2.75, 3.05) is 33.2 Å². The first-order valence-electron chi connectivity index (χ1n) is 9.89. The first-order chi connectivity index (χ1) is 13.0. The number of nitrogens with zero attached hydrogens (tertiary/aromatic N) is 4. The first kappa shape index (κ1) is 25.2. The lowest BCUT2D eigenvalue weighted by Crippen LogP contribution is -2.48. The Bertz CT molecular complexity index is 563. The summed E-state index contributed by atoms with van der Waals surface area (Å²) in [4.78, 5) is 4.86. The molecule has 0 unspecified atom stereocenters. The predicted octanol–water partition coefficient (Wildman–Crippen LogP) is 3.50. The zero-order valence-electron chi connectivity index (χ0n) is 18.3. The van der Waals surface area contributed by atoms with E-state index in [2.05, 4.69) is 58.6 Å². The van der Waals surface area contributed by atoms with Crippen molar-refractivity contribution < 1.29 is 4.42 Å². The van der Waals surface area contributed by atoms with Crippen LogP contribution in [0.2, 0.25) is 0 Å². The van der Waals surface area contributed by atoms with Crippen LogP contribution >= 0.6 is 0 Å². The van der Waals surface area contributed by atoms with Gasteiger partial charge in [0.25, 0.3) is 0 Å². The van der Waals surface area contributed by atoms with Gasteiger partial charge >= 0.3 is 0 Å². The van der Waals surface area contributed by atoms with E-state index in [0.717, 1.165) is 38.6 Å². The molecule has 2 heterocycles. The molecule has 1 aliphatic heterocycles. The largest absolute Gasteiger partial charge is 0.424 e. The fraction of sp³-hybridized carbons (Fsp3) is 0.619. The molecule has 27 heavy (non-hydrogen) atoms. The van der Waals surface area contributed by atoms with Crippen LogP contribution in [0.5, 0.6) is 0 Å². The Morgan fingerprint density at radius 2 is 1.52 bits per heavy atom. The summed E-state index contributed by atoms with van der Waals surface area (Å²) >= 11 is 0. The van der Waals surface area contributed by atoms with Gasteiger partial charge in [0.15, 0.2) is 0 Å². The standard InChI is InChI=1S/C11H20N4O.C7H8.C2H6.CH5N/c1-9(2)15-6-4-14(5-7-15)8-11-13-12-10(3)16-11;1-7-5-3-2-4-6-7;2*1-2/h9H,4-8H2,1-3H3;2-6H,1H3;1-2H3;2H2,1H3. The van der Waals surface area contributed by atoms with Crippen molar-refractivity contribution >= 4 is 0 Å². The van der Waals surface area contributed by atoms with E-state index in [0.29, 0.717) is 11.9 Å². The molecule has 0 saturated carbocycles. The van der Waals surface area contributed by atoms with Crippen LogP contribution in [0.25, 0.3) is 0 Å². The molecule has 1 aromatic carbocycles. The summed E-state index contributed by atoms with van der Waals surface area (Å²) in [6, 6.07) is 10.9. The van der Waals surface area contributed by atoms with Gasteiger partial charge in [-0.05, 0) is 27.8 Å². The highest BCUT2D eigenvalue weighted by atomic mass is 16.4. The van der Waals surface area contributed by atoms with Crippen LogP contribution in [0, 0.1) is 13.8 Å². The minimum absolute atomic E-state index is 0.646. The maximum absolute atomic E-state index is 5.38. The second kappa shape index (κ2) is 15.3. The van der Waals surface area contributed by atoms with Gasteiger partial charge in [-0.15, -0.1) is 10.2 Å². The van der Waals surface area contributed by atoms with E-state index >= 15 is 0 Å². The highest BCUT2D eigenvalue weighted by molar-refractivity contribution is 5.11. The van der Waals surface area contributed by atoms with Gasteiger partial charge in [-0.3, -0.25) is 9.80 Å². The summed E-state index contributed by atoms with van der Waals surface area (Å²) in [5.74, 6) is 1.38. The van der Waals surface area contributed by atoms with Gasteiger partial charge < -0.3 is 10.2 Å². The smallest absolute Gasteiger partial charge is 0.230 e. The van der Waals surface area contributed by atoms with E-state index in [9.17, 15) is 0 Å². The highest BCUT2D eigenvalue weighted by Gasteiger charge is 2.20. The van der Waals surface area contributed by atoms with Crippen LogP contribution in [0.4, 0.5) is 0 Å². The second-order valence-corrected chi connectivity index (χ2v) is 6.28. The SMILES string of the molecule is CC.CN.Cc1ccccc1.Cc1nnc(CN2CCN(C(C)C)CC2)o1. The lowest BCUT2D eigenvalue weighted by atomic mass is 10.2. The van der Waals surface area contributed by atoms with Crippen molar-refractivity contribution in [3.05, 3.63) is 47.7 Å². The quantitative estimate of drug-likeness (QED) is 0.883. The Kier molecular flexibility index (Phi) is 14.3. The summed E-state index contributed by atoms with van der Waals surface area (Å²) in [7, 11) is 1.50. The van der Waals surface area contributed by atoms with Crippen molar-refractivity contribution in [1.82, 2.24) is 20.0 Å². The summed E-state index contributed by atoms with van der Waals surface area (Å²) in [6.45, 7) is 17.6. The van der Waals surface area contributed by atoms with Gasteiger partial charge in [-0.2, -0.15) is 0 Å². The van der Waals surface area contributed by atoms with Crippen molar-refractivity contribution in [1.29, 1.82) is 0 Å². The summed E-state index contributed by atoms with van der Waals surface area (Å²) in [5, 5.41) is 7.86. The maximum atomic E-state index is 5.38. The van der Waals surface area contributed by atoms with Gasteiger partial charge in [0.05, 0.1) is 6.54 Å². The molecule has 0 bridgehead atoms. The molecule has 1 saturated heterocycles. The zero-order valence-corrected chi connectivity index (χ0v) is 18.3. The molecular formula is C21H39N5O. The topological polar surface area (TPSA) is 71.4 Å². The number of benzene rings is 1. The Morgan fingerprint density at radius 3 is 1.89 bits per heavy atom. The number of hydrogen-bond donors (Lipinski definition) is 1. The number of rotatable bonds is 3. The van der Waals surface area contributed by atoms with Crippen molar-refractivity contribution in [2.45, 2.75) is 54.1 Å². The van der Waals surface area contributed by atoms with Gasteiger partial charge in [-0.1, -0.05) is 49.7 Å². The van der Waals surface area contributed by atoms with Crippen molar-refractivity contribution in [3.8, 4) is 0 Å².